The average Bonchev–Trinajstić information content (AvgIpc) is 2.87. The van der Waals surface area contributed by atoms with Gasteiger partial charge in [0.05, 0.1) is 162 Å². The summed E-state index contributed by atoms with van der Waals surface area (Å²) in [5.41, 5.74) is 28.3. The van der Waals surface area contributed by atoms with Crippen LogP contribution in [0, 0.1) is 41.8 Å². The van der Waals surface area contributed by atoms with E-state index in [2.05, 4.69) is 29.4 Å². The van der Waals surface area contributed by atoms with E-state index in [4.69, 9.17) is 75.6 Å². The van der Waals surface area contributed by atoms with Crippen molar-refractivity contribution in [3.63, 3.8) is 0 Å². The second-order valence-electron chi connectivity index (χ2n) is 22.2. The highest BCUT2D eigenvalue weighted by atomic mass is 19.1. The Hall–Kier alpha value is -5.63. The van der Waals surface area contributed by atoms with Gasteiger partial charge < -0.3 is 75.6 Å². The summed E-state index contributed by atoms with van der Waals surface area (Å²) in [5.74, 6) is -0.886. The number of amides is 1. The van der Waals surface area contributed by atoms with Crippen LogP contribution in [-0.4, -0.2) is 195 Å². The summed E-state index contributed by atoms with van der Waals surface area (Å²) in [6, 6.07) is 11.6. The monoisotopic (exact) mass is 1210 g/mol. The molecule has 86 heavy (non-hydrogen) atoms. The molecule has 0 aliphatic heterocycles. The van der Waals surface area contributed by atoms with Crippen LogP contribution >= 0.6 is 0 Å². The highest BCUT2D eigenvalue weighted by Gasteiger charge is 2.37. The molecule has 480 valence electrons. The molecule has 0 saturated carbocycles. The van der Waals surface area contributed by atoms with Crippen molar-refractivity contribution in [3.05, 3.63) is 87.2 Å². The Labute approximate surface area is 507 Å². The number of carbonyl (C=O) groups is 3. The maximum absolute atomic E-state index is 13.9. The van der Waals surface area contributed by atoms with E-state index in [1.165, 1.54) is 12.1 Å². The molecule has 2 aliphatic carbocycles. The molecular formula is C62H97FN10O13. The zero-order valence-corrected chi connectivity index (χ0v) is 51.8. The summed E-state index contributed by atoms with van der Waals surface area (Å²) < 4.78 is 71.4. The standard InChI is InChI=1S/C31H49N5O7.C17H16FN3O.C14H32N2O5/c1-23-29-27(21-31(2,3)22-28(29)37)36(35-23)24-6-7-25(30(33)38)26(20-24)34-9-5-11-40-13-15-42-17-19-43-18-16-41-14-12-39-10-4-8-32;1-10-16-14(7-17(2,3)8-15(16)22)21(20-10)12-5-4-11(9-19)13(18)6-12;15-3-1-5-17-7-9-19-11-13-21-14-12-20-10-8-18-6-2-4-16/h6-7,20,34H,4-5,8-19,21-22,32H2,1-3H3,(H2,33,38);4-6H,7-8H2,1-3H3;1-16H2. The Balaban J connectivity index is 0.000000308. The maximum Gasteiger partial charge on any atom is 0.250 e. The van der Waals surface area contributed by atoms with Crippen LogP contribution in [-0.2, 0) is 60.2 Å². The molecule has 2 aromatic heterocycles. The van der Waals surface area contributed by atoms with Crippen molar-refractivity contribution in [1.29, 1.82) is 5.26 Å². The molecule has 0 saturated heterocycles. The predicted octanol–water partition coefficient (Wildman–Crippen LogP) is 5.78. The van der Waals surface area contributed by atoms with Gasteiger partial charge in [0.25, 0.3) is 5.91 Å². The van der Waals surface area contributed by atoms with E-state index in [0.717, 1.165) is 54.9 Å². The van der Waals surface area contributed by atoms with Crippen molar-refractivity contribution in [2.45, 2.75) is 92.9 Å². The Morgan fingerprint density at radius 2 is 0.884 bits per heavy atom. The fourth-order valence-corrected chi connectivity index (χ4v) is 9.38. The normalized spacial score (nSPS) is 14.0. The topological polar surface area (TPSA) is 319 Å². The number of hydrogen-bond acceptors (Lipinski definition) is 20. The Bertz CT molecular complexity index is 2660. The number of nitrogens with zero attached hydrogens (tertiary/aromatic N) is 5. The lowest BCUT2D eigenvalue weighted by Gasteiger charge is -2.29. The Kier molecular flexibility index (Phi) is 34.5. The maximum atomic E-state index is 13.9. The van der Waals surface area contributed by atoms with Gasteiger partial charge in [0, 0.05) is 57.6 Å². The molecule has 4 aromatic rings. The molecule has 9 N–H and O–H groups in total. The van der Waals surface area contributed by atoms with E-state index < -0.39 is 11.7 Å². The highest BCUT2D eigenvalue weighted by Crippen LogP contribution is 2.39. The first kappa shape index (κ1) is 72.8. The third kappa shape index (κ3) is 26.4. The third-order valence-corrected chi connectivity index (χ3v) is 13.5. The van der Waals surface area contributed by atoms with Crippen LogP contribution in [0.25, 0.3) is 11.4 Å². The number of nitriles is 1. The van der Waals surface area contributed by atoms with Gasteiger partial charge in [-0.3, -0.25) is 14.4 Å². The van der Waals surface area contributed by atoms with Crippen molar-refractivity contribution in [1.82, 2.24) is 19.6 Å². The second kappa shape index (κ2) is 40.8. The third-order valence-electron chi connectivity index (χ3n) is 13.5. The number of anilines is 1. The van der Waals surface area contributed by atoms with E-state index in [1.54, 1.807) is 29.8 Å². The number of fused-ring (bicyclic) bond motifs is 2. The molecule has 1 amide bonds. The molecule has 24 heteroatoms. The van der Waals surface area contributed by atoms with Gasteiger partial charge in [0.15, 0.2) is 11.6 Å². The largest absolute Gasteiger partial charge is 0.384 e. The quantitative estimate of drug-likeness (QED) is 0.0329. The van der Waals surface area contributed by atoms with Crippen LogP contribution in [0.3, 0.4) is 0 Å². The van der Waals surface area contributed by atoms with Crippen LogP contribution in [0.5, 0.6) is 0 Å². The molecule has 0 radical (unpaired) electrons. The zero-order chi connectivity index (χ0) is 62.6. The summed E-state index contributed by atoms with van der Waals surface area (Å²) >= 11 is 0. The van der Waals surface area contributed by atoms with Crippen LogP contribution in [0.4, 0.5) is 10.1 Å². The number of halogens is 1. The first-order chi connectivity index (χ1) is 41.5. The molecule has 2 aliphatic rings. The average molecular weight is 1210 g/mol. The number of ether oxygens (including phenoxy) is 10. The minimum Gasteiger partial charge on any atom is -0.384 e. The second-order valence-corrected chi connectivity index (χ2v) is 22.2. The number of hydrogen-bond donors (Lipinski definition) is 5. The number of aryl methyl sites for hydroxylation is 2. The molecule has 0 atom stereocenters. The molecule has 2 aromatic carbocycles. The summed E-state index contributed by atoms with van der Waals surface area (Å²) in [6.45, 7) is 25.8. The fraction of sp³-hybridized carbons (Fsp3) is 0.645. The number of primary amides is 1. The SMILES string of the molecule is Cc1nn(-c2ccc(C#N)c(F)c2)c2c1C(=O)CC(C)(C)C2.Cc1nn(-c2ccc(C(N)=O)c(NCCCOCCOCCOCCOCCOCCCN)c2)c2c1C(=O)CC(C)(C)C2.NCCCOCCOCCOCCOCCOCCCN. The van der Waals surface area contributed by atoms with E-state index >= 15 is 0 Å². The van der Waals surface area contributed by atoms with Gasteiger partial charge in [-0.1, -0.05) is 27.7 Å². The summed E-state index contributed by atoms with van der Waals surface area (Å²) in [4.78, 5) is 37.3. The summed E-state index contributed by atoms with van der Waals surface area (Å²) in [7, 11) is 0. The molecule has 0 fully saturated rings. The Morgan fingerprint density at radius 3 is 1.22 bits per heavy atom. The number of rotatable bonds is 41. The van der Waals surface area contributed by atoms with Crippen LogP contribution in [0.1, 0.15) is 126 Å². The van der Waals surface area contributed by atoms with Crippen molar-refractivity contribution in [2.24, 2.45) is 33.8 Å². The first-order valence-electron chi connectivity index (χ1n) is 30.0. The van der Waals surface area contributed by atoms with Gasteiger partial charge in [-0.05, 0) is 113 Å². The lowest BCUT2D eigenvalue weighted by molar-refractivity contribution is -0.0110. The molecule has 6 rings (SSSR count). The number of carbonyl (C=O) groups excluding carboxylic acids is 3. The van der Waals surface area contributed by atoms with Crippen LogP contribution in [0.2, 0.25) is 0 Å². The molecule has 0 spiro atoms. The van der Waals surface area contributed by atoms with E-state index in [9.17, 15) is 18.8 Å². The van der Waals surface area contributed by atoms with Gasteiger partial charge in [-0.2, -0.15) is 15.5 Å². The lowest BCUT2D eigenvalue weighted by Crippen LogP contribution is -2.28. The Morgan fingerprint density at radius 1 is 0.547 bits per heavy atom. The number of nitrogens with two attached hydrogens (primary N) is 4. The molecule has 2 heterocycles. The first-order valence-corrected chi connectivity index (χ1v) is 30.0. The zero-order valence-electron chi connectivity index (χ0n) is 51.8. The van der Waals surface area contributed by atoms with Gasteiger partial charge >= 0.3 is 0 Å². The van der Waals surface area contributed by atoms with Crippen LogP contribution in [0.15, 0.2) is 36.4 Å². The number of aromatic nitrogens is 4. The van der Waals surface area contributed by atoms with Gasteiger partial charge in [0.1, 0.15) is 11.9 Å². The summed E-state index contributed by atoms with van der Waals surface area (Å²) in [6.07, 6.45) is 5.81. The number of nitrogens with one attached hydrogen (secondary N) is 1. The molecule has 23 nitrogen and oxygen atoms in total. The predicted molar refractivity (Wildman–Crippen MR) is 325 cm³/mol. The van der Waals surface area contributed by atoms with Crippen molar-refractivity contribution in [3.8, 4) is 17.4 Å². The van der Waals surface area contributed by atoms with E-state index in [0.29, 0.717) is 211 Å². The van der Waals surface area contributed by atoms with E-state index in [1.807, 2.05) is 37.6 Å². The molecule has 0 bridgehead atoms. The molecule has 0 unspecified atom stereocenters. The van der Waals surface area contributed by atoms with Crippen molar-refractivity contribution < 1.29 is 66.1 Å². The van der Waals surface area contributed by atoms with Gasteiger partial charge in [-0.15, -0.1) is 0 Å². The lowest BCUT2D eigenvalue weighted by atomic mass is 9.75. The van der Waals surface area contributed by atoms with Crippen LogP contribution < -0.4 is 28.3 Å². The smallest absolute Gasteiger partial charge is 0.250 e. The number of Topliss-reactive ketones (excluding diaryl/α,β-unsaturated/α-hetero) is 2. The van der Waals surface area contributed by atoms with Crippen molar-refractivity contribution >= 4 is 23.2 Å². The van der Waals surface area contributed by atoms with E-state index in [-0.39, 0.29) is 28.0 Å². The van der Waals surface area contributed by atoms with Gasteiger partial charge in [-0.25, -0.2) is 13.8 Å². The number of benzene rings is 2. The molecular weight excluding hydrogens is 1110 g/mol. The summed E-state index contributed by atoms with van der Waals surface area (Å²) in [5, 5.41) is 21.2. The fourth-order valence-electron chi connectivity index (χ4n) is 9.38. The van der Waals surface area contributed by atoms with Gasteiger partial charge in [0.2, 0.25) is 0 Å². The highest BCUT2D eigenvalue weighted by molar-refractivity contribution is 6.01. The minimum atomic E-state index is -0.580. The van der Waals surface area contributed by atoms with Crippen molar-refractivity contribution in [2.75, 3.05) is 164 Å². The number of ketones is 2. The minimum absolute atomic E-state index is 0.00194.